The van der Waals surface area contributed by atoms with Gasteiger partial charge in [-0.15, -0.1) is 0 Å². The lowest BCUT2D eigenvalue weighted by Gasteiger charge is -2.27. The summed E-state index contributed by atoms with van der Waals surface area (Å²) in [5.41, 5.74) is -3.74. The van der Waals surface area contributed by atoms with Crippen LogP contribution in [0.3, 0.4) is 0 Å². The van der Waals surface area contributed by atoms with Crippen LogP contribution in [0, 0.1) is 11.3 Å². The number of halogens is 3. The molecule has 2 amide bonds. The van der Waals surface area contributed by atoms with E-state index in [4.69, 9.17) is 10.00 Å². The number of benzene rings is 2. The van der Waals surface area contributed by atoms with Crippen molar-refractivity contribution in [1.82, 2.24) is 0 Å². The Hall–Kier alpha value is -3.43. The average molecular weight is 483 g/mol. The Bertz CT molecular complexity index is 1210. The van der Waals surface area contributed by atoms with Gasteiger partial charge in [0.2, 0.25) is 5.91 Å². The number of amides is 2. The van der Waals surface area contributed by atoms with Gasteiger partial charge in [-0.2, -0.15) is 18.4 Å². The Morgan fingerprint density at radius 1 is 1.06 bits per heavy atom. The standard InChI is InChI=1S/C21H20F3N3O5S/c1-13(28)26-15-6-8-17(9-7-15)33(30,31)12-20(2,32-3)19(29)27-16-5-4-14(11-25)18(10-16)21(22,23)24/h4-10H,12H2,1-3H3,(H,26,28)(H,27,29). The molecule has 0 bridgehead atoms. The van der Waals surface area contributed by atoms with E-state index >= 15 is 0 Å². The number of nitrogens with zero attached hydrogens (tertiary/aromatic N) is 1. The molecule has 0 saturated heterocycles. The fourth-order valence-electron chi connectivity index (χ4n) is 2.83. The predicted octanol–water partition coefficient (Wildman–Crippen LogP) is 3.35. The zero-order valence-corrected chi connectivity index (χ0v) is 18.6. The van der Waals surface area contributed by atoms with Crippen LogP contribution in [-0.2, 0) is 30.3 Å². The van der Waals surface area contributed by atoms with Crippen molar-refractivity contribution in [2.75, 3.05) is 23.5 Å². The summed E-state index contributed by atoms with van der Waals surface area (Å²) in [6.45, 7) is 2.47. The second-order valence-electron chi connectivity index (χ2n) is 7.22. The Morgan fingerprint density at radius 3 is 2.12 bits per heavy atom. The van der Waals surface area contributed by atoms with Gasteiger partial charge >= 0.3 is 6.18 Å². The first kappa shape index (κ1) is 25.8. The van der Waals surface area contributed by atoms with Gasteiger partial charge in [0, 0.05) is 25.4 Å². The molecular formula is C21H20F3N3O5S. The van der Waals surface area contributed by atoms with Crippen LogP contribution in [0.2, 0.25) is 0 Å². The molecule has 33 heavy (non-hydrogen) atoms. The summed E-state index contributed by atoms with van der Waals surface area (Å²) in [6.07, 6.45) is -4.83. The molecule has 1 atom stereocenters. The normalized spacial score (nSPS) is 13.5. The maximum absolute atomic E-state index is 13.2. The minimum Gasteiger partial charge on any atom is -0.368 e. The third kappa shape index (κ3) is 6.30. The van der Waals surface area contributed by atoms with E-state index in [2.05, 4.69) is 10.6 Å². The molecule has 0 spiro atoms. The molecule has 1 unspecified atom stereocenters. The smallest absolute Gasteiger partial charge is 0.368 e. The van der Waals surface area contributed by atoms with Crippen molar-refractivity contribution in [3.63, 3.8) is 0 Å². The van der Waals surface area contributed by atoms with Crippen molar-refractivity contribution in [3.05, 3.63) is 53.6 Å². The summed E-state index contributed by atoms with van der Waals surface area (Å²) in [6, 6.07) is 9.23. The van der Waals surface area contributed by atoms with Gasteiger partial charge in [-0.1, -0.05) is 0 Å². The largest absolute Gasteiger partial charge is 0.417 e. The van der Waals surface area contributed by atoms with Gasteiger partial charge < -0.3 is 15.4 Å². The second kappa shape index (κ2) is 9.60. The summed E-state index contributed by atoms with van der Waals surface area (Å²) in [5, 5.41) is 13.6. The maximum Gasteiger partial charge on any atom is 0.417 e. The van der Waals surface area contributed by atoms with Gasteiger partial charge in [0.05, 0.1) is 27.8 Å². The molecule has 176 valence electrons. The number of methoxy groups -OCH3 is 1. The first-order chi connectivity index (χ1) is 15.2. The van der Waals surface area contributed by atoms with Gasteiger partial charge in [-0.3, -0.25) is 9.59 Å². The summed E-state index contributed by atoms with van der Waals surface area (Å²) in [7, 11) is -2.98. The highest BCUT2D eigenvalue weighted by molar-refractivity contribution is 7.91. The van der Waals surface area contributed by atoms with E-state index in [0.29, 0.717) is 11.8 Å². The third-order valence-electron chi connectivity index (χ3n) is 4.63. The van der Waals surface area contributed by atoms with Crippen molar-refractivity contribution in [3.8, 4) is 6.07 Å². The van der Waals surface area contributed by atoms with Gasteiger partial charge in [-0.25, -0.2) is 8.42 Å². The van der Waals surface area contributed by atoms with E-state index in [1.54, 1.807) is 0 Å². The van der Waals surface area contributed by atoms with Crippen LogP contribution in [0.25, 0.3) is 0 Å². The van der Waals surface area contributed by atoms with Crippen LogP contribution in [0.5, 0.6) is 0 Å². The van der Waals surface area contributed by atoms with Crippen molar-refractivity contribution in [1.29, 1.82) is 5.26 Å². The lowest BCUT2D eigenvalue weighted by molar-refractivity contribution is -0.138. The number of carbonyl (C=O) groups is 2. The minimum atomic E-state index is -4.83. The molecule has 0 aromatic heterocycles. The van der Waals surface area contributed by atoms with Crippen LogP contribution in [0.1, 0.15) is 25.0 Å². The molecule has 2 aromatic rings. The molecule has 2 rings (SSSR count). The van der Waals surface area contributed by atoms with Crippen LogP contribution >= 0.6 is 0 Å². The Balaban J connectivity index is 2.28. The third-order valence-corrected chi connectivity index (χ3v) is 6.55. The molecule has 2 N–H and O–H groups in total. The number of nitriles is 1. The number of rotatable bonds is 7. The van der Waals surface area contributed by atoms with E-state index in [1.807, 2.05) is 0 Å². The van der Waals surface area contributed by atoms with Crippen molar-refractivity contribution in [2.45, 2.75) is 30.5 Å². The van der Waals surface area contributed by atoms with Crippen molar-refractivity contribution < 1.29 is 35.9 Å². The molecule has 2 aromatic carbocycles. The van der Waals surface area contributed by atoms with E-state index < -0.39 is 44.4 Å². The molecule has 0 aliphatic carbocycles. The van der Waals surface area contributed by atoms with Gasteiger partial charge in [0.1, 0.15) is 0 Å². The number of hydrogen-bond donors (Lipinski definition) is 2. The first-order valence-electron chi connectivity index (χ1n) is 9.30. The lowest BCUT2D eigenvalue weighted by atomic mass is 10.1. The molecule has 0 aliphatic heterocycles. The molecule has 0 heterocycles. The number of sulfone groups is 1. The van der Waals surface area contributed by atoms with Crippen molar-refractivity contribution in [2.24, 2.45) is 0 Å². The SMILES string of the molecule is COC(C)(CS(=O)(=O)c1ccc(NC(C)=O)cc1)C(=O)Nc1ccc(C#N)c(C(F)(F)F)c1. The lowest BCUT2D eigenvalue weighted by Crippen LogP contribution is -2.47. The molecular weight excluding hydrogens is 463 g/mol. The Kier molecular flexibility index (Phi) is 7.51. The van der Waals surface area contributed by atoms with Gasteiger partial charge in [0.15, 0.2) is 15.4 Å². The quantitative estimate of drug-likeness (QED) is 0.622. The monoisotopic (exact) mass is 483 g/mol. The zero-order valence-electron chi connectivity index (χ0n) is 17.8. The highest BCUT2D eigenvalue weighted by Crippen LogP contribution is 2.34. The molecule has 0 saturated carbocycles. The van der Waals surface area contributed by atoms with Crippen LogP contribution < -0.4 is 10.6 Å². The summed E-state index contributed by atoms with van der Waals surface area (Å²) >= 11 is 0. The number of anilines is 2. The average Bonchev–Trinajstić information content (AvgIpc) is 2.72. The van der Waals surface area contributed by atoms with Crippen LogP contribution in [0.4, 0.5) is 24.5 Å². The van der Waals surface area contributed by atoms with Gasteiger partial charge in [-0.05, 0) is 49.4 Å². The Labute approximate surface area is 188 Å². The zero-order chi connectivity index (χ0) is 25.0. The highest BCUT2D eigenvalue weighted by atomic mass is 32.2. The topological polar surface area (TPSA) is 125 Å². The molecule has 0 fully saturated rings. The molecule has 0 aliphatic rings. The van der Waals surface area contributed by atoms with E-state index in [-0.39, 0.29) is 16.5 Å². The van der Waals surface area contributed by atoms with E-state index in [9.17, 15) is 31.2 Å². The minimum absolute atomic E-state index is 0.148. The number of hydrogen-bond acceptors (Lipinski definition) is 6. The fraction of sp³-hybridized carbons (Fsp3) is 0.286. The summed E-state index contributed by atoms with van der Waals surface area (Å²) in [4.78, 5) is 23.7. The summed E-state index contributed by atoms with van der Waals surface area (Å²) < 4.78 is 70.3. The number of nitrogens with one attached hydrogen (secondary N) is 2. The second-order valence-corrected chi connectivity index (χ2v) is 9.21. The number of carbonyl (C=O) groups excluding carboxylic acids is 2. The maximum atomic E-state index is 13.2. The van der Waals surface area contributed by atoms with E-state index in [1.165, 1.54) is 44.2 Å². The molecule has 8 nitrogen and oxygen atoms in total. The highest BCUT2D eigenvalue weighted by Gasteiger charge is 2.40. The van der Waals surface area contributed by atoms with Gasteiger partial charge in [0.25, 0.3) is 5.91 Å². The van der Waals surface area contributed by atoms with Crippen molar-refractivity contribution >= 4 is 33.0 Å². The Morgan fingerprint density at radius 2 is 1.64 bits per heavy atom. The van der Waals surface area contributed by atoms with Crippen LogP contribution in [-0.4, -0.2) is 38.7 Å². The summed E-state index contributed by atoms with van der Waals surface area (Å²) in [5.74, 6) is -2.16. The fourth-order valence-corrected chi connectivity index (χ4v) is 4.52. The number of ether oxygens (including phenoxy) is 1. The predicted molar refractivity (Wildman–Crippen MR) is 113 cm³/mol. The first-order valence-corrected chi connectivity index (χ1v) is 11.0. The van der Waals surface area contributed by atoms with E-state index in [0.717, 1.165) is 19.2 Å². The molecule has 12 heteroatoms. The van der Waals surface area contributed by atoms with Crippen LogP contribution in [0.15, 0.2) is 47.4 Å². The number of alkyl halides is 3. The molecule has 0 radical (unpaired) electrons.